The fourth-order valence-electron chi connectivity index (χ4n) is 2.79. The van der Waals surface area contributed by atoms with Crippen LogP contribution >= 0.6 is 0 Å². The Labute approximate surface area is 138 Å². The molecule has 0 aliphatic carbocycles. The SMILES string of the molecule is CCOc1ccc(C2CCN(C(=O)OC(C)(C)C)CC2O)cc1. The lowest BCUT2D eigenvalue weighted by Crippen LogP contribution is -2.47. The Morgan fingerprint density at radius 1 is 1.30 bits per heavy atom. The first kappa shape index (κ1) is 17.6. The monoisotopic (exact) mass is 321 g/mol. The zero-order chi connectivity index (χ0) is 17.0. The molecule has 1 N–H and O–H groups in total. The van der Waals surface area contributed by atoms with Crippen molar-refractivity contribution in [1.29, 1.82) is 0 Å². The van der Waals surface area contributed by atoms with Crippen LogP contribution in [-0.2, 0) is 4.74 Å². The normalized spacial score (nSPS) is 21.9. The third-order valence-electron chi connectivity index (χ3n) is 3.85. The predicted molar refractivity (Wildman–Crippen MR) is 88.8 cm³/mol. The van der Waals surface area contributed by atoms with Gasteiger partial charge in [0.15, 0.2) is 0 Å². The van der Waals surface area contributed by atoms with E-state index in [9.17, 15) is 9.90 Å². The second-order valence-electron chi connectivity index (χ2n) is 6.89. The van der Waals surface area contributed by atoms with Gasteiger partial charge in [0.1, 0.15) is 11.4 Å². The Bertz CT molecular complexity index is 521. The molecule has 5 heteroatoms. The summed E-state index contributed by atoms with van der Waals surface area (Å²) >= 11 is 0. The summed E-state index contributed by atoms with van der Waals surface area (Å²) in [4.78, 5) is 13.7. The van der Waals surface area contributed by atoms with E-state index in [0.29, 0.717) is 26.1 Å². The summed E-state index contributed by atoms with van der Waals surface area (Å²) in [6, 6.07) is 7.82. The molecule has 0 aromatic heterocycles. The van der Waals surface area contributed by atoms with Crippen LogP contribution in [0.3, 0.4) is 0 Å². The van der Waals surface area contributed by atoms with Gasteiger partial charge in [0, 0.05) is 12.5 Å². The minimum atomic E-state index is -0.589. The van der Waals surface area contributed by atoms with Gasteiger partial charge in [-0.25, -0.2) is 4.79 Å². The minimum Gasteiger partial charge on any atom is -0.494 e. The van der Waals surface area contributed by atoms with Gasteiger partial charge >= 0.3 is 6.09 Å². The van der Waals surface area contributed by atoms with Crippen molar-refractivity contribution in [2.24, 2.45) is 0 Å². The summed E-state index contributed by atoms with van der Waals surface area (Å²) in [6.07, 6.45) is -0.232. The molecule has 1 fully saturated rings. The highest BCUT2D eigenvalue weighted by molar-refractivity contribution is 5.68. The number of aliphatic hydroxyl groups excluding tert-OH is 1. The third-order valence-corrected chi connectivity index (χ3v) is 3.85. The van der Waals surface area contributed by atoms with Crippen LogP contribution in [0.5, 0.6) is 5.75 Å². The maximum atomic E-state index is 12.1. The summed E-state index contributed by atoms with van der Waals surface area (Å²) in [7, 11) is 0. The van der Waals surface area contributed by atoms with Crippen LogP contribution in [0.25, 0.3) is 0 Å². The van der Waals surface area contributed by atoms with Gasteiger partial charge in [0.25, 0.3) is 0 Å². The second-order valence-corrected chi connectivity index (χ2v) is 6.89. The molecule has 1 aromatic carbocycles. The number of aliphatic hydroxyl groups is 1. The summed E-state index contributed by atoms with van der Waals surface area (Å²) in [5, 5.41) is 10.4. The van der Waals surface area contributed by atoms with Gasteiger partial charge in [0.2, 0.25) is 0 Å². The lowest BCUT2D eigenvalue weighted by Gasteiger charge is -2.36. The molecule has 0 radical (unpaired) electrons. The molecule has 1 heterocycles. The smallest absolute Gasteiger partial charge is 0.410 e. The highest BCUT2D eigenvalue weighted by Crippen LogP contribution is 2.30. The number of β-amino-alcohol motifs (C(OH)–C–C–N with tert-alkyl or cyclic N) is 1. The molecule has 5 nitrogen and oxygen atoms in total. The van der Waals surface area contributed by atoms with Crippen LogP contribution in [0.1, 0.15) is 45.6 Å². The van der Waals surface area contributed by atoms with Crippen molar-refractivity contribution in [3.63, 3.8) is 0 Å². The van der Waals surface area contributed by atoms with E-state index in [1.165, 1.54) is 0 Å². The van der Waals surface area contributed by atoms with Gasteiger partial charge in [-0.3, -0.25) is 0 Å². The van der Waals surface area contributed by atoms with E-state index in [2.05, 4.69) is 0 Å². The Morgan fingerprint density at radius 2 is 1.96 bits per heavy atom. The summed E-state index contributed by atoms with van der Waals surface area (Å²) in [5.41, 5.74) is 0.554. The first-order chi connectivity index (χ1) is 10.8. The molecule has 1 aromatic rings. The number of benzene rings is 1. The van der Waals surface area contributed by atoms with Crippen molar-refractivity contribution >= 4 is 6.09 Å². The fourth-order valence-corrected chi connectivity index (χ4v) is 2.79. The van der Waals surface area contributed by atoms with E-state index < -0.39 is 11.7 Å². The molecule has 0 bridgehead atoms. The zero-order valence-electron chi connectivity index (χ0n) is 14.4. The molecule has 0 saturated carbocycles. The van der Waals surface area contributed by atoms with Crippen molar-refractivity contribution in [2.45, 2.75) is 51.7 Å². The number of carbonyl (C=O) groups excluding carboxylic acids is 1. The Balaban J connectivity index is 1.97. The fraction of sp³-hybridized carbons (Fsp3) is 0.611. The first-order valence-electron chi connectivity index (χ1n) is 8.19. The molecule has 0 spiro atoms. The van der Waals surface area contributed by atoms with Crippen LogP contribution in [0, 0.1) is 0 Å². The third kappa shape index (κ3) is 4.86. The van der Waals surface area contributed by atoms with Crippen LogP contribution in [0.4, 0.5) is 4.79 Å². The highest BCUT2D eigenvalue weighted by atomic mass is 16.6. The maximum absolute atomic E-state index is 12.1. The van der Waals surface area contributed by atoms with E-state index in [-0.39, 0.29) is 12.0 Å². The van der Waals surface area contributed by atoms with Gasteiger partial charge < -0.3 is 19.5 Å². The topological polar surface area (TPSA) is 59.0 Å². The lowest BCUT2D eigenvalue weighted by molar-refractivity contribution is -0.00152. The largest absolute Gasteiger partial charge is 0.494 e. The number of carbonyl (C=O) groups is 1. The first-order valence-corrected chi connectivity index (χ1v) is 8.19. The molecule has 2 rings (SSSR count). The van der Waals surface area contributed by atoms with E-state index in [1.807, 2.05) is 52.0 Å². The van der Waals surface area contributed by atoms with Crippen LogP contribution in [-0.4, -0.2) is 47.5 Å². The van der Waals surface area contributed by atoms with E-state index in [0.717, 1.165) is 11.3 Å². The summed E-state index contributed by atoms with van der Waals surface area (Å²) < 4.78 is 10.8. The van der Waals surface area contributed by atoms with Gasteiger partial charge in [-0.1, -0.05) is 12.1 Å². The molecule has 2 unspecified atom stereocenters. The van der Waals surface area contributed by atoms with Crippen molar-refractivity contribution in [1.82, 2.24) is 4.90 Å². The Morgan fingerprint density at radius 3 is 2.48 bits per heavy atom. The molecular formula is C18H27NO4. The number of likely N-dealkylation sites (tertiary alicyclic amines) is 1. The van der Waals surface area contributed by atoms with Crippen molar-refractivity contribution < 1.29 is 19.4 Å². The van der Waals surface area contributed by atoms with E-state index in [1.54, 1.807) is 4.90 Å². The molecule has 23 heavy (non-hydrogen) atoms. The van der Waals surface area contributed by atoms with E-state index >= 15 is 0 Å². The summed E-state index contributed by atoms with van der Waals surface area (Å²) in [5.74, 6) is 0.862. The second kappa shape index (κ2) is 7.21. The van der Waals surface area contributed by atoms with Crippen LogP contribution in [0.2, 0.25) is 0 Å². The van der Waals surface area contributed by atoms with Crippen LogP contribution in [0.15, 0.2) is 24.3 Å². The molecule has 1 aliphatic heterocycles. The standard InChI is InChI=1S/C18H27NO4/c1-5-22-14-8-6-13(7-9-14)15-10-11-19(12-16(15)20)17(21)23-18(2,3)4/h6-9,15-16,20H,5,10-12H2,1-4H3. The lowest BCUT2D eigenvalue weighted by atomic mass is 9.87. The minimum absolute atomic E-state index is 0.0318. The van der Waals surface area contributed by atoms with Crippen LogP contribution < -0.4 is 4.74 Å². The average Bonchev–Trinajstić information content (AvgIpc) is 2.47. The molecule has 1 aliphatic rings. The average molecular weight is 321 g/mol. The van der Waals surface area contributed by atoms with Gasteiger partial charge in [-0.05, 0) is 51.8 Å². The number of hydrogen-bond donors (Lipinski definition) is 1. The molecule has 1 saturated heterocycles. The number of amides is 1. The van der Waals surface area contributed by atoms with Gasteiger partial charge in [0.05, 0.1) is 19.3 Å². The number of nitrogens with zero attached hydrogens (tertiary/aromatic N) is 1. The molecule has 1 amide bonds. The number of hydrogen-bond acceptors (Lipinski definition) is 4. The number of ether oxygens (including phenoxy) is 2. The van der Waals surface area contributed by atoms with Gasteiger partial charge in [-0.15, -0.1) is 0 Å². The molecule has 2 atom stereocenters. The maximum Gasteiger partial charge on any atom is 0.410 e. The summed E-state index contributed by atoms with van der Waals surface area (Å²) in [6.45, 7) is 8.99. The van der Waals surface area contributed by atoms with Crippen molar-refractivity contribution in [3.05, 3.63) is 29.8 Å². The van der Waals surface area contributed by atoms with Gasteiger partial charge in [-0.2, -0.15) is 0 Å². The molecular weight excluding hydrogens is 294 g/mol. The quantitative estimate of drug-likeness (QED) is 0.929. The number of piperidine rings is 1. The highest BCUT2D eigenvalue weighted by Gasteiger charge is 2.33. The predicted octanol–water partition coefficient (Wildman–Crippen LogP) is 3.17. The van der Waals surface area contributed by atoms with Crippen molar-refractivity contribution in [3.8, 4) is 5.75 Å². The zero-order valence-corrected chi connectivity index (χ0v) is 14.4. The van der Waals surface area contributed by atoms with Crippen molar-refractivity contribution in [2.75, 3.05) is 19.7 Å². The Kier molecular flexibility index (Phi) is 5.52. The Hall–Kier alpha value is -1.75. The number of rotatable bonds is 3. The molecule has 128 valence electrons. The van der Waals surface area contributed by atoms with E-state index in [4.69, 9.17) is 9.47 Å².